The number of hydrogen-bond acceptors (Lipinski definition) is 4. The second-order valence-corrected chi connectivity index (χ2v) is 6.42. The van der Waals surface area contributed by atoms with Crippen LogP contribution in [0.15, 0.2) is 41.8 Å². The van der Waals surface area contributed by atoms with E-state index in [-0.39, 0.29) is 5.82 Å². The highest BCUT2D eigenvalue weighted by molar-refractivity contribution is 7.10. The predicted octanol–water partition coefficient (Wildman–Crippen LogP) is 3.05. The van der Waals surface area contributed by atoms with Crippen LogP contribution in [-0.4, -0.2) is 37.7 Å². The Morgan fingerprint density at radius 3 is 2.64 bits per heavy atom. The number of halogens is 1. The number of nitrogens with zero attached hydrogens (tertiary/aromatic N) is 1. The Morgan fingerprint density at radius 2 is 1.95 bits per heavy atom. The highest BCUT2D eigenvalue weighted by atomic mass is 32.1. The zero-order valence-corrected chi connectivity index (χ0v) is 13.3. The van der Waals surface area contributed by atoms with Gasteiger partial charge in [0.2, 0.25) is 0 Å². The van der Waals surface area contributed by atoms with Crippen LogP contribution in [0, 0.1) is 5.82 Å². The molecule has 0 amide bonds. The minimum Gasteiger partial charge on any atom is -0.379 e. The quantitative estimate of drug-likeness (QED) is 0.885. The Balaban J connectivity index is 1.59. The Morgan fingerprint density at radius 1 is 1.18 bits per heavy atom. The summed E-state index contributed by atoms with van der Waals surface area (Å²) >= 11 is 1.80. The van der Waals surface area contributed by atoms with Crippen molar-refractivity contribution in [2.24, 2.45) is 0 Å². The van der Waals surface area contributed by atoms with Crippen molar-refractivity contribution in [1.29, 1.82) is 0 Å². The predicted molar refractivity (Wildman–Crippen MR) is 87.6 cm³/mol. The first kappa shape index (κ1) is 15.6. The standard InChI is InChI=1S/C17H21FN2OS/c18-15-5-3-14(4-6-15)12-19-13-16(17-2-1-11-22-17)20-7-9-21-10-8-20/h1-6,11,16,19H,7-10,12-13H2. The molecule has 0 radical (unpaired) electrons. The van der Waals surface area contributed by atoms with Gasteiger partial charge in [0, 0.05) is 31.1 Å². The highest BCUT2D eigenvalue weighted by Gasteiger charge is 2.22. The van der Waals surface area contributed by atoms with E-state index >= 15 is 0 Å². The molecule has 0 saturated carbocycles. The smallest absolute Gasteiger partial charge is 0.123 e. The summed E-state index contributed by atoms with van der Waals surface area (Å²) in [6.07, 6.45) is 0. The number of nitrogens with one attached hydrogen (secondary N) is 1. The van der Waals surface area contributed by atoms with Crippen molar-refractivity contribution in [3.8, 4) is 0 Å². The summed E-state index contributed by atoms with van der Waals surface area (Å²) in [5, 5.41) is 5.64. The second kappa shape index (κ2) is 7.83. The van der Waals surface area contributed by atoms with Crippen LogP contribution in [0.4, 0.5) is 4.39 Å². The van der Waals surface area contributed by atoms with Gasteiger partial charge in [-0.1, -0.05) is 18.2 Å². The van der Waals surface area contributed by atoms with Gasteiger partial charge < -0.3 is 10.1 Å². The molecule has 0 bridgehead atoms. The third kappa shape index (κ3) is 4.14. The molecule has 0 spiro atoms. The minimum atomic E-state index is -0.187. The van der Waals surface area contributed by atoms with Crippen LogP contribution >= 0.6 is 11.3 Å². The van der Waals surface area contributed by atoms with Crippen molar-refractivity contribution < 1.29 is 9.13 Å². The normalized spacial score (nSPS) is 17.5. The molecular weight excluding hydrogens is 299 g/mol. The first-order chi connectivity index (χ1) is 10.8. The van der Waals surface area contributed by atoms with Crippen molar-refractivity contribution in [2.75, 3.05) is 32.8 Å². The topological polar surface area (TPSA) is 24.5 Å². The van der Waals surface area contributed by atoms with E-state index in [1.54, 1.807) is 11.3 Å². The van der Waals surface area contributed by atoms with Gasteiger partial charge in [-0.25, -0.2) is 4.39 Å². The lowest BCUT2D eigenvalue weighted by Crippen LogP contribution is -2.42. The number of benzene rings is 1. The molecule has 0 aliphatic carbocycles. The molecule has 2 aromatic rings. The van der Waals surface area contributed by atoms with Crippen molar-refractivity contribution >= 4 is 11.3 Å². The molecule has 1 atom stereocenters. The van der Waals surface area contributed by atoms with Crippen LogP contribution in [0.3, 0.4) is 0 Å². The van der Waals surface area contributed by atoms with Crippen LogP contribution in [-0.2, 0) is 11.3 Å². The molecule has 1 saturated heterocycles. The zero-order valence-electron chi connectivity index (χ0n) is 12.5. The van der Waals surface area contributed by atoms with E-state index in [1.165, 1.54) is 17.0 Å². The van der Waals surface area contributed by atoms with Gasteiger partial charge in [0.25, 0.3) is 0 Å². The number of rotatable bonds is 6. The molecule has 118 valence electrons. The summed E-state index contributed by atoms with van der Waals surface area (Å²) in [5.74, 6) is -0.187. The number of ether oxygens (including phenoxy) is 1. The number of hydrogen-bond donors (Lipinski definition) is 1. The van der Waals surface area contributed by atoms with Crippen molar-refractivity contribution in [3.63, 3.8) is 0 Å². The van der Waals surface area contributed by atoms with Gasteiger partial charge >= 0.3 is 0 Å². The van der Waals surface area contributed by atoms with Crippen molar-refractivity contribution in [2.45, 2.75) is 12.6 Å². The summed E-state index contributed by atoms with van der Waals surface area (Å²) in [6, 6.07) is 11.4. The summed E-state index contributed by atoms with van der Waals surface area (Å²) in [7, 11) is 0. The average Bonchev–Trinajstić information content (AvgIpc) is 3.08. The molecule has 22 heavy (non-hydrogen) atoms. The van der Waals surface area contributed by atoms with Crippen LogP contribution in [0.2, 0.25) is 0 Å². The third-order valence-corrected chi connectivity index (χ3v) is 4.91. The van der Waals surface area contributed by atoms with E-state index in [0.717, 1.165) is 45.0 Å². The Kier molecular flexibility index (Phi) is 5.56. The maximum Gasteiger partial charge on any atom is 0.123 e. The van der Waals surface area contributed by atoms with Crippen LogP contribution in [0.5, 0.6) is 0 Å². The molecule has 1 fully saturated rings. The van der Waals surface area contributed by atoms with E-state index in [4.69, 9.17) is 4.74 Å². The zero-order chi connectivity index (χ0) is 15.2. The van der Waals surface area contributed by atoms with Gasteiger partial charge in [0.15, 0.2) is 0 Å². The first-order valence-corrected chi connectivity index (χ1v) is 8.51. The van der Waals surface area contributed by atoms with Gasteiger partial charge in [-0.2, -0.15) is 0 Å². The van der Waals surface area contributed by atoms with E-state index < -0.39 is 0 Å². The van der Waals surface area contributed by atoms with E-state index in [0.29, 0.717) is 6.04 Å². The van der Waals surface area contributed by atoms with Gasteiger partial charge in [-0.3, -0.25) is 4.90 Å². The molecule has 1 aliphatic rings. The van der Waals surface area contributed by atoms with E-state index in [9.17, 15) is 4.39 Å². The molecular formula is C17H21FN2OS. The molecule has 1 aliphatic heterocycles. The number of thiophene rings is 1. The average molecular weight is 320 g/mol. The SMILES string of the molecule is Fc1ccc(CNCC(c2cccs2)N2CCOCC2)cc1. The molecule has 1 unspecified atom stereocenters. The van der Waals surface area contributed by atoms with Crippen LogP contribution in [0.25, 0.3) is 0 Å². The molecule has 1 aromatic heterocycles. The van der Waals surface area contributed by atoms with Gasteiger partial charge in [0.1, 0.15) is 5.82 Å². The fourth-order valence-corrected chi connectivity index (χ4v) is 3.60. The van der Waals surface area contributed by atoms with Gasteiger partial charge in [-0.05, 0) is 29.1 Å². The molecule has 1 N–H and O–H groups in total. The van der Waals surface area contributed by atoms with Crippen molar-refractivity contribution in [3.05, 3.63) is 58.0 Å². The summed E-state index contributed by atoms with van der Waals surface area (Å²) in [6.45, 7) is 5.20. The van der Waals surface area contributed by atoms with Crippen LogP contribution < -0.4 is 5.32 Å². The van der Waals surface area contributed by atoms with Gasteiger partial charge in [0.05, 0.1) is 19.3 Å². The first-order valence-electron chi connectivity index (χ1n) is 7.63. The summed E-state index contributed by atoms with van der Waals surface area (Å²) < 4.78 is 18.4. The lowest BCUT2D eigenvalue weighted by Gasteiger charge is -2.34. The molecule has 5 heteroatoms. The third-order valence-electron chi connectivity index (χ3n) is 3.94. The largest absolute Gasteiger partial charge is 0.379 e. The fourth-order valence-electron chi connectivity index (χ4n) is 2.74. The molecule has 1 aromatic carbocycles. The van der Waals surface area contributed by atoms with Crippen molar-refractivity contribution in [1.82, 2.24) is 10.2 Å². The van der Waals surface area contributed by atoms with Gasteiger partial charge in [-0.15, -0.1) is 11.3 Å². The molecule has 2 heterocycles. The Hall–Kier alpha value is -1.27. The van der Waals surface area contributed by atoms with E-state index in [2.05, 4.69) is 27.7 Å². The van der Waals surface area contributed by atoms with Crippen LogP contribution in [0.1, 0.15) is 16.5 Å². The fraction of sp³-hybridized carbons (Fsp3) is 0.412. The van der Waals surface area contributed by atoms with E-state index in [1.807, 2.05) is 12.1 Å². The Bertz CT molecular complexity index is 553. The lowest BCUT2D eigenvalue weighted by molar-refractivity contribution is 0.0168. The molecule has 3 nitrogen and oxygen atoms in total. The second-order valence-electron chi connectivity index (χ2n) is 5.44. The maximum atomic E-state index is 12.9. The number of morpholine rings is 1. The maximum absolute atomic E-state index is 12.9. The highest BCUT2D eigenvalue weighted by Crippen LogP contribution is 2.25. The minimum absolute atomic E-state index is 0.187. The lowest BCUT2D eigenvalue weighted by atomic mass is 10.1. The Labute approximate surface area is 134 Å². The summed E-state index contributed by atoms with van der Waals surface area (Å²) in [4.78, 5) is 3.86. The monoisotopic (exact) mass is 320 g/mol. The summed E-state index contributed by atoms with van der Waals surface area (Å²) in [5.41, 5.74) is 1.10. The molecule has 3 rings (SSSR count).